The minimum absolute atomic E-state index is 0.0410. The topological polar surface area (TPSA) is 86.9 Å². The number of nitrogens with zero attached hydrogens (tertiary/aromatic N) is 2. The van der Waals surface area contributed by atoms with Crippen LogP contribution >= 0.6 is 0 Å². The van der Waals surface area contributed by atoms with Gasteiger partial charge in [0, 0.05) is 31.9 Å². The van der Waals surface area contributed by atoms with Gasteiger partial charge in [0.2, 0.25) is 10.0 Å². The van der Waals surface area contributed by atoms with E-state index < -0.39 is 15.8 Å². The van der Waals surface area contributed by atoms with Gasteiger partial charge in [-0.05, 0) is 31.2 Å². The van der Waals surface area contributed by atoms with Gasteiger partial charge >= 0.3 is 0 Å². The average Bonchev–Trinajstić information content (AvgIpc) is 2.65. The zero-order valence-electron chi connectivity index (χ0n) is 11.7. The van der Waals surface area contributed by atoms with Gasteiger partial charge in [0.25, 0.3) is 0 Å². The summed E-state index contributed by atoms with van der Waals surface area (Å²) in [6, 6.07) is 3.60. The zero-order chi connectivity index (χ0) is 15.5. The van der Waals surface area contributed by atoms with Crippen molar-refractivity contribution in [2.45, 2.75) is 11.3 Å². The van der Waals surface area contributed by atoms with E-state index in [2.05, 4.69) is 0 Å². The lowest BCUT2D eigenvalue weighted by molar-refractivity contribution is 0.202. The van der Waals surface area contributed by atoms with Crippen molar-refractivity contribution in [1.82, 2.24) is 9.21 Å². The van der Waals surface area contributed by atoms with Crippen molar-refractivity contribution in [2.24, 2.45) is 0 Å². The van der Waals surface area contributed by atoms with Crippen molar-refractivity contribution in [1.29, 1.82) is 0 Å². The highest BCUT2D eigenvalue weighted by Gasteiger charge is 2.29. The Kier molecular flexibility index (Phi) is 5.15. The lowest BCUT2D eigenvalue weighted by atomic mass is 10.3. The first-order valence-electron chi connectivity index (χ1n) is 6.83. The summed E-state index contributed by atoms with van der Waals surface area (Å²) in [5.74, 6) is -0.827. The Morgan fingerprint density at radius 2 is 2.00 bits per heavy atom. The number of benzene rings is 1. The van der Waals surface area contributed by atoms with Crippen molar-refractivity contribution in [3.63, 3.8) is 0 Å². The number of aliphatic hydroxyl groups excluding tert-OH is 1. The number of β-amino-alcohol motifs (C(OH)–C–C–N with tert-alkyl or cyclic N) is 1. The summed E-state index contributed by atoms with van der Waals surface area (Å²) in [6.45, 7) is 2.43. The smallest absolute Gasteiger partial charge is 0.246 e. The average molecular weight is 317 g/mol. The Morgan fingerprint density at radius 1 is 1.24 bits per heavy atom. The molecule has 0 aliphatic carbocycles. The highest BCUT2D eigenvalue weighted by Crippen LogP contribution is 2.22. The molecule has 1 heterocycles. The summed E-state index contributed by atoms with van der Waals surface area (Å²) in [6.07, 6.45) is 0.649. The molecule has 0 radical (unpaired) electrons. The molecule has 1 aliphatic heterocycles. The fourth-order valence-electron chi connectivity index (χ4n) is 2.42. The minimum Gasteiger partial charge on any atom is -0.399 e. The molecule has 0 unspecified atom stereocenters. The number of halogens is 1. The first-order chi connectivity index (χ1) is 9.95. The molecule has 1 saturated heterocycles. The maximum atomic E-state index is 13.9. The van der Waals surface area contributed by atoms with E-state index in [4.69, 9.17) is 10.8 Å². The molecule has 21 heavy (non-hydrogen) atoms. The molecule has 0 spiro atoms. The molecule has 1 aromatic rings. The first kappa shape index (κ1) is 16.2. The highest BCUT2D eigenvalue weighted by atomic mass is 32.2. The van der Waals surface area contributed by atoms with E-state index in [1.54, 1.807) is 0 Å². The third-order valence-corrected chi connectivity index (χ3v) is 5.47. The molecule has 3 N–H and O–H groups in total. The largest absolute Gasteiger partial charge is 0.399 e. The van der Waals surface area contributed by atoms with E-state index in [0.29, 0.717) is 26.1 Å². The van der Waals surface area contributed by atoms with E-state index >= 15 is 0 Å². The molecule has 0 amide bonds. The van der Waals surface area contributed by atoms with Crippen molar-refractivity contribution in [3.05, 3.63) is 24.0 Å². The van der Waals surface area contributed by atoms with E-state index in [1.165, 1.54) is 16.4 Å². The molecule has 6 nitrogen and oxygen atoms in total. The summed E-state index contributed by atoms with van der Waals surface area (Å²) >= 11 is 0. The molecular formula is C13H20FN3O3S. The third-order valence-electron chi connectivity index (χ3n) is 3.54. The van der Waals surface area contributed by atoms with Gasteiger partial charge in [0.1, 0.15) is 10.7 Å². The Labute approximate surface area is 124 Å². The van der Waals surface area contributed by atoms with Crippen LogP contribution in [0.3, 0.4) is 0 Å². The van der Waals surface area contributed by atoms with Gasteiger partial charge in [-0.2, -0.15) is 4.31 Å². The van der Waals surface area contributed by atoms with E-state index in [9.17, 15) is 12.8 Å². The fourth-order valence-corrected chi connectivity index (χ4v) is 3.93. The van der Waals surface area contributed by atoms with Crippen LogP contribution in [0.25, 0.3) is 0 Å². The molecule has 1 aromatic carbocycles. The number of anilines is 1. The number of aliphatic hydroxyl groups is 1. The summed E-state index contributed by atoms with van der Waals surface area (Å²) in [5, 5.41) is 8.94. The lowest BCUT2D eigenvalue weighted by Crippen LogP contribution is -2.36. The molecule has 0 bridgehead atoms. The summed E-state index contributed by atoms with van der Waals surface area (Å²) in [4.78, 5) is 1.65. The summed E-state index contributed by atoms with van der Waals surface area (Å²) < 4.78 is 40.2. The van der Waals surface area contributed by atoms with E-state index in [0.717, 1.165) is 12.6 Å². The zero-order valence-corrected chi connectivity index (χ0v) is 12.5. The van der Waals surface area contributed by atoms with E-state index in [1.807, 2.05) is 4.90 Å². The van der Waals surface area contributed by atoms with Crippen LogP contribution < -0.4 is 5.73 Å². The number of hydrogen-bond donors (Lipinski definition) is 2. The normalized spacial score (nSPS) is 18.6. The van der Waals surface area contributed by atoms with Crippen LogP contribution in [-0.2, 0) is 10.0 Å². The second-order valence-electron chi connectivity index (χ2n) is 5.01. The van der Waals surface area contributed by atoms with Crippen LogP contribution in [0.2, 0.25) is 0 Å². The Balaban J connectivity index is 2.19. The van der Waals surface area contributed by atoms with Gasteiger partial charge in [0.15, 0.2) is 0 Å². The molecule has 1 aliphatic rings. The molecule has 0 aromatic heterocycles. The summed E-state index contributed by atoms with van der Waals surface area (Å²) in [5.41, 5.74) is 5.64. The second-order valence-corrected chi connectivity index (χ2v) is 6.92. The monoisotopic (exact) mass is 317 g/mol. The summed E-state index contributed by atoms with van der Waals surface area (Å²) in [7, 11) is -3.86. The van der Waals surface area contributed by atoms with Crippen molar-refractivity contribution in [2.75, 3.05) is 45.1 Å². The Morgan fingerprint density at radius 3 is 2.67 bits per heavy atom. The van der Waals surface area contributed by atoms with Gasteiger partial charge in [-0.1, -0.05) is 0 Å². The Hall–Kier alpha value is -1.22. The third kappa shape index (κ3) is 3.70. The maximum Gasteiger partial charge on any atom is 0.246 e. The van der Waals surface area contributed by atoms with Gasteiger partial charge in [-0.3, -0.25) is 4.90 Å². The van der Waals surface area contributed by atoms with Crippen LogP contribution in [0.5, 0.6) is 0 Å². The van der Waals surface area contributed by atoms with Crippen LogP contribution in [0.15, 0.2) is 23.1 Å². The van der Waals surface area contributed by atoms with E-state index in [-0.39, 0.29) is 23.7 Å². The van der Waals surface area contributed by atoms with Crippen LogP contribution in [0, 0.1) is 5.82 Å². The maximum absolute atomic E-state index is 13.9. The Bertz CT molecular complexity index is 594. The molecule has 118 valence electrons. The predicted molar refractivity (Wildman–Crippen MR) is 77.7 cm³/mol. The van der Waals surface area contributed by atoms with Crippen LogP contribution in [-0.4, -0.2) is 62.1 Å². The van der Waals surface area contributed by atoms with Crippen molar-refractivity contribution in [3.8, 4) is 0 Å². The number of nitrogens with two attached hydrogens (primary N) is 1. The molecular weight excluding hydrogens is 297 g/mol. The highest BCUT2D eigenvalue weighted by molar-refractivity contribution is 7.89. The van der Waals surface area contributed by atoms with Crippen LogP contribution in [0.4, 0.5) is 10.1 Å². The quantitative estimate of drug-likeness (QED) is 0.769. The van der Waals surface area contributed by atoms with Gasteiger partial charge in [-0.25, -0.2) is 12.8 Å². The molecule has 1 fully saturated rings. The SMILES string of the molecule is Nc1ccc(S(=O)(=O)N2CCCN(CCO)CC2)c(F)c1. The molecule has 0 atom stereocenters. The standard InChI is InChI=1S/C13H20FN3O3S/c14-12-10-11(15)2-3-13(12)21(19,20)17-5-1-4-16(6-7-17)8-9-18/h2-3,10,18H,1,4-9,15H2. The van der Waals surface area contributed by atoms with Gasteiger partial charge < -0.3 is 10.8 Å². The molecule has 0 saturated carbocycles. The number of hydrogen-bond acceptors (Lipinski definition) is 5. The predicted octanol–water partition coefficient (Wildman–Crippen LogP) is 0.0966. The minimum atomic E-state index is -3.86. The van der Waals surface area contributed by atoms with Gasteiger partial charge in [0.05, 0.1) is 6.61 Å². The second kappa shape index (κ2) is 6.69. The van der Waals surface area contributed by atoms with Crippen molar-refractivity contribution < 1.29 is 17.9 Å². The number of nitrogen functional groups attached to an aromatic ring is 1. The number of sulfonamides is 1. The fraction of sp³-hybridized carbons (Fsp3) is 0.538. The van der Waals surface area contributed by atoms with Crippen molar-refractivity contribution >= 4 is 15.7 Å². The van der Waals surface area contributed by atoms with Gasteiger partial charge in [-0.15, -0.1) is 0 Å². The number of rotatable bonds is 4. The molecule has 8 heteroatoms. The lowest BCUT2D eigenvalue weighted by Gasteiger charge is -2.21. The first-order valence-corrected chi connectivity index (χ1v) is 8.27. The molecule has 2 rings (SSSR count). The van der Waals surface area contributed by atoms with Crippen LogP contribution in [0.1, 0.15) is 6.42 Å².